The second kappa shape index (κ2) is 3.51. The molecular formula is C9H12N4. The number of unbranched alkanes of at least 4 members (excludes halogenated alkanes) is 1. The van der Waals surface area contributed by atoms with Crippen LogP contribution in [0.1, 0.15) is 25.5 Å². The lowest BCUT2D eigenvalue weighted by atomic mass is 10.2. The van der Waals surface area contributed by atoms with E-state index in [1.807, 2.05) is 12.1 Å². The molecule has 0 spiro atoms. The van der Waals surface area contributed by atoms with Crippen LogP contribution in [-0.4, -0.2) is 20.4 Å². The highest BCUT2D eigenvalue weighted by Gasteiger charge is 2.00. The summed E-state index contributed by atoms with van der Waals surface area (Å²) in [5.74, 6) is 0. The van der Waals surface area contributed by atoms with Crippen molar-refractivity contribution in [2.24, 2.45) is 0 Å². The molecule has 2 aromatic heterocycles. The Kier molecular flexibility index (Phi) is 2.21. The number of hydrogen-bond donors (Lipinski definition) is 1. The second-order valence-corrected chi connectivity index (χ2v) is 3.07. The SMILES string of the molecule is CCCCc1ccc2n[nH]nc2n1. The average Bonchev–Trinajstić information content (AvgIpc) is 2.61. The maximum absolute atomic E-state index is 4.37. The van der Waals surface area contributed by atoms with Gasteiger partial charge in [-0.2, -0.15) is 10.3 Å². The van der Waals surface area contributed by atoms with Crippen molar-refractivity contribution in [1.29, 1.82) is 0 Å². The van der Waals surface area contributed by atoms with Gasteiger partial charge in [-0.25, -0.2) is 4.98 Å². The van der Waals surface area contributed by atoms with Crippen LogP contribution in [0.3, 0.4) is 0 Å². The summed E-state index contributed by atoms with van der Waals surface area (Å²) in [6, 6.07) is 3.97. The van der Waals surface area contributed by atoms with Gasteiger partial charge < -0.3 is 0 Å². The van der Waals surface area contributed by atoms with Crippen LogP contribution >= 0.6 is 0 Å². The Bertz CT molecular complexity index is 393. The first-order valence-electron chi connectivity index (χ1n) is 4.56. The molecule has 0 saturated heterocycles. The summed E-state index contributed by atoms with van der Waals surface area (Å²) >= 11 is 0. The molecule has 0 atom stereocenters. The molecule has 2 heterocycles. The first-order chi connectivity index (χ1) is 6.40. The standard InChI is InChI=1S/C9H12N4/c1-2-3-4-7-5-6-8-9(10-7)12-13-11-8/h5-6H,2-4H2,1H3,(H,10,11,12,13). The van der Waals surface area contributed by atoms with Crippen LogP contribution in [0, 0.1) is 0 Å². The predicted molar refractivity (Wildman–Crippen MR) is 50.3 cm³/mol. The van der Waals surface area contributed by atoms with Crippen molar-refractivity contribution < 1.29 is 0 Å². The molecule has 0 aliphatic heterocycles. The zero-order valence-corrected chi connectivity index (χ0v) is 7.62. The number of aromatic amines is 1. The van der Waals surface area contributed by atoms with Crippen LogP contribution in [0.2, 0.25) is 0 Å². The third-order valence-corrected chi connectivity index (χ3v) is 2.03. The zero-order chi connectivity index (χ0) is 9.10. The summed E-state index contributed by atoms with van der Waals surface area (Å²) in [5.41, 5.74) is 2.65. The van der Waals surface area contributed by atoms with Gasteiger partial charge in [-0.15, -0.1) is 5.10 Å². The van der Waals surface area contributed by atoms with Crippen LogP contribution in [0.5, 0.6) is 0 Å². The highest BCUT2D eigenvalue weighted by Crippen LogP contribution is 2.07. The van der Waals surface area contributed by atoms with Gasteiger partial charge in [0.05, 0.1) is 0 Å². The molecule has 0 aliphatic carbocycles. The van der Waals surface area contributed by atoms with Crippen LogP contribution in [0.25, 0.3) is 11.2 Å². The van der Waals surface area contributed by atoms with E-state index in [4.69, 9.17) is 0 Å². The predicted octanol–water partition coefficient (Wildman–Crippen LogP) is 1.70. The molecule has 2 aromatic rings. The fourth-order valence-corrected chi connectivity index (χ4v) is 1.27. The molecule has 0 aliphatic rings. The lowest BCUT2D eigenvalue weighted by Gasteiger charge is -1.96. The number of aryl methyl sites for hydroxylation is 1. The van der Waals surface area contributed by atoms with Gasteiger partial charge in [-0.1, -0.05) is 13.3 Å². The number of H-pyrrole nitrogens is 1. The van der Waals surface area contributed by atoms with Crippen LogP contribution in [0.15, 0.2) is 12.1 Å². The van der Waals surface area contributed by atoms with Crippen molar-refractivity contribution in [2.45, 2.75) is 26.2 Å². The van der Waals surface area contributed by atoms with Crippen LogP contribution in [-0.2, 0) is 6.42 Å². The summed E-state index contributed by atoms with van der Waals surface area (Å²) in [6.07, 6.45) is 3.40. The van der Waals surface area contributed by atoms with Crippen molar-refractivity contribution in [3.05, 3.63) is 17.8 Å². The van der Waals surface area contributed by atoms with Gasteiger partial charge in [0.1, 0.15) is 5.52 Å². The maximum Gasteiger partial charge on any atom is 0.201 e. The molecule has 0 aromatic carbocycles. The Labute approximate surface area is 76.4 Å². The molecule has 13 heavy (non-hydrogen) atoms. The summed E-state index contributed by atoms with van der Waals surface area (Å²) in [6.45, 7) is 2.18. The third kappa shape index (κ3) is 1.66. The number of pyridine rings is 1. The number of nitrogens with one attached hydrogen (secondary N) is 1. The van der Waals surface area contributed by atoms with E-state index in [0.29, 0.717) is 5.65 Å². The van der Waals surface area contributed by atoms with E-state index in [0.717, 1.165) is 17.6 Å². The molecule has 0 amide bonds. The van der Waals surface area contributed by atoms with Crippen molar-refractivity contribution in [3.8, 4) is 0 Å². The minimum Gasteiger partial charge on any atom is -0.230 e. The van der Waals surface area contributed by atoms with Gasteiger partial charge in [0, 0.05) is 5.69 Å². The molecule has 2 rings (SSSR count). The lowest BCUT2D eigenvalue weighted by molar-refractivity contribution is 0.779. The molecule has 4 heteroatoms. The smallest absolute Gasteiger partial charge is 0.201 e. The first-order valence-corrected chi connectivity index (χ1v) is 4.56. The quantitative estimate of drug-likeness (QED) is 0.774. The molecular weight excluding hydrogens is 164 g/mol. The Morgan fingerprint density at radius 3 is 3.08 bits per heavy atom. The highest BCUT2D eigenvalue weighted by atomic mass is 15.3. The molecule has 0 bridgehead atoms. The summed E-state index contributed by atoms with van der Waals surface area (Å²) in [4.78, 5) is 4.37. The van der Waals surface area contributed by atoms with Crippen LogP contribution < -0.4 is 0 Å². The minimum absolute atomic E-state index is 0.716. The van der Waals surface area contributed by atoms with Crippen molar-refractivity contribution >= 4 is 11.2 Å². The summed E-state index contributed by atoms with van der Waals surface area (Å²) in [5, 5.41) is 10.4. The van der Waals surface area contributed by atoms with E-state index in [1.54, 1.807) is 0 Å². The first kappa shape index (κ1) is 8.16. The zero-order valence-electron chi connectivity index (χ0n) is 7.62. The average molecular weight is 176 g/mol. The number of aromatic nitrogens is 4. The van der Waals surface area contributed by atoms with E-state index in [-0.39, 0.29) is 0 Å². The normalized spacial score (nSPS) is 10.8. The lowest BCUT2D eigenvalue weighted by Crippen LogP contribution is -1.89. The number of nitrogens with zero attached hydrogens (tertiary/aromatic N) is 3. The Morgan fingerprint density at radius 2 is 2.23 bits per heavy atom. The van der Waals surface area contributed by atoms with Crippen molar-refractivity contribution in [2.75, 3.05) is 0 Å². The summed E-state index contributed by atoms with van der Waals surface area (Å²) < 4.78 is 0. The summed E-state index contributed by atoms with van der Waals surface area (Å²) in [7, 11) is 0. The molecule has 0 fully saturated rings. The number of rotatable bonds is 3. The van der Waals surface area contributed by atoms with E-state index in [9.17, 15) is 0 Å². The van der Waals surface area contributed by atoms with Gasteiger partial charge >= 0.3 is 0 Å². The highest BCUT2D eigenvalue weighted by molar-refractivity contribution is 5.68. The van der Waals surface area contributed by atoms with Gasteiger partial charge in [0.2, 0.25) is 5.65 Å². The fraction of sp³-hybridized carbons (Fsp3) is 0.444. The van der Waals surface area contributed by atoms with Gasteiger partial charge in [-0.3, -0.25) is 0 Å². The Hall–Kier alpha value is -1.45. The maximum atomic E-state index is 4.37. The minimum atomic E-state index is 0.716. The van der Waals surface area contributed by atoms with Crippen molar-refractivity contribution in [1.82, 2.24) is 20.4 Å². The topological polar surface area (TPSA) is 54.5 Å². The van der Waals surface area contributed by atoms with E-state index in [2.05, 4.69) is 27.3 Å². The molecule has 0 radical (unpaired) electrons. The third-order valence-electron chi connectivity index (χ3n) is 2.03. The molecule has 0 saturated carbocycles. The molecule has 4 nitrogen and oxygen atoms in total. The molecule has 0 unspecified atom stereocenters. The Morgan fingerprint density at radius 1 is 1.31 bits per heavy atom. The second-order valence-electron chi connectivity index (χ2n) is 3.07. The van der Waals surface area contributed by atoms with Gasteiger partial charge in [0.15, 0.2) is 0 Å². The largest absolute Gasteiger partial charge is 0.230 e. The van der Waals surface area contributed by atoms with Crippen molar-refractivity contribution in [3.63, 3.8) is 0 Å². The monoisotopic (exact) mass is 176 g/mol. The van der Waals surface area contributed by atoms with E-state index >= 15 is 0 Å². The van der Waals surface area contributed by atoms with Crippen LogP contribution in [0.4, 0.5) is 0 Å². The molecule has 68 valence electrons. The van der Waals surface area contributed by atoms with Gasteiger partial charge in [-0.05, 0) is 25.0 Å². The number of hydrogen-bond acceptors (Lipinski definition) is 3. The molecule has 1 N–H and O–H groups in total. The van der Waals surface area contributed by atoms with Gasteiger partial charge in [0.25, 0.3) is 0 Å². The Balaban J connectivity index is 2.26. The van der Waals surface area contributed by atoms with E-state index in [1.165, 1.54) is 12.8 Å². The number of fused-ring (bicyclic) bond motifs is 1. The fourth-order valence-electron chi connectivity index (χ4n) is 1.27. The van der Waals surface area contributed by atoms with E-state index < -0.39 is 0 Å².